The van der Waals surface area contributed by atoms with Gasteiger partial charge in [-0.05, 0) is 31.4 Å². The number of hydrogen-bond donors (Lipinski definition) is 3. The predicted molar refractivity (Wildman–Crippen MR) is 47.2 cm³/mol. The summed E-state index contributed by atoms with van der Waals surface area (Å²) in [5.74, 6) is 1.66. The van der Waals surface area contributed by atoms with Crippen molar-refractivity contribution in [3.05, 3.63) is 11.4 Å². The normalized spacial score (nSPS) is 16.8. The lowest BCUT2D eigenvalue weighted by Gasteiger charge is -2.05. The molecule has 0 atom stereocenters. The van der Waals surface area contributed by atoms with E-state index in [1.54, 1.807) is 5.82 Å². The summed E-state index contributed by atoms with van der Waals surface area (Å²) in [6.45, 7) is 0.534. The second kappa shape index (κ2) is 3.63. The van der Waals surface area contributed by atoms with Gasteiger partial charge in [0, 0.05) is 0 Å². The summed E-state index contributed by atoms with van der Waals surface area (Å²) in [6, 6.07) is 0. The number of hydrogen-bond acceptors (Lipinski definition) is 3. The molecule has 0 bridgehead atoms. The molecule has 3 nitrogen and oxygen atoms in total. The summed E-state index contributed by atoms with van der Waals surface area (Å²) in [5.41, 5.74) is 6.45. The summed E-state index contributed by atoms with van der Waals surface area (Å²) in [4.78, 5) is 18.8. The summed E-state index contributed by atoms with van der Waals surface area (Å²) in [7, 11) is -2.69. The molecule has 4 heteroatoms. The molecule has 0 heterocycles. The van der Waals surface area contributed by atoms with Gasteiger partial charge in [-0.25, -0.2) is 9.79 Å². The van der Waals surface area contributed by atoms with Crippen molar-refractivity contribution >= 4 is 7.72 Å². The van der Waals surface area contributed by atoms with Gasteiger partial charge in [-0.2, -0.15) is 0 Å². The van der Waals surface area contributed by atoms with Crippen LogP contribution in [0.3, 0.4) is 0 Å². The first-order chi connectivity index (χ1) is 5.14. The highest BCUT2D eigenvalue weighted by Gasteiger charge is 2.32. The fraction of sp³-hybridized carbons (Fsp3) is 0.714. The Morgan fingerprint density at radius 3 is 2.55 bits per heavy atom. The summed E-state index contributed by atoms with van der Waals surface area (Å²) < 4.78 is 0. The highest BCUT2D eigenvalue weighted by Crippen LogP contribution is 2.55. The zero-order valence-electron chi connectivity index (χ0n) is 6.53. The zero-order chi connectivity index (χ0) is 8.32. The lowest BCUT2D eigenvalue weighted by atomic mass is 10.5. The third kappa shape index (κ3) is 3.82. The minimum Gasteiger partial charge on any atom is -0.330 e. The minimum absolute atomic E-state index is 0.451. The molecule has 1 saturated carbocycles. The van der Waals surface area contributed by atoms with Gasteiger partial charge in [-0.15, -0.1) is 0 Å². The van der Waals surface area contributed by atoms with E-state index in [0.717, 1.165) is 12.8 Å². The molecule has 0 aliphatic heterocycles. The second-order valence-electron chi connectivity index (χ2n) is 2.94. The molecular weight excluding hydrogens is 161 g/mol. The molecule has 0 aromatic heterocycles. The molecule has 1 rings (SSSR count). The molecule has 0 saturated heterocycles. The van der Waals surface area contributed by atoms with Crippen LogP contribution in [0.4, 0.5) is 0 Å². The second-order valence-corrected chi connectivity index (χ2v) is 5.22. The highest BCUT2D eigenvalue weighted by molar-refractivity contribution is 7.67. The lowest BCUT2D eigenvalue weighted by Crippen LogP contribution is -2.03. The van der Waals surface area contributed by atoms with Crippen LogP contribution in [0.1, 0.15) is 19.3 Å². The Kier molecular flexibility index (Phi) is 3.02. The average Bonchev–Trinajstić information content (AvgIpc) is 2.67. The highest BCUT2D eigenvalue weighted by atomic mass is 31.2. The van der Waals surface area contributed by atoms with Crippen LogP contribution in [0.25, 0.3) is 0 Å². The maximum Gasteiger partial charge on any atom is 0.292 e. The standard InChI is InChI=1S/C7H15NO2P/c8-4-1-5-11(9,10)6-7-2-3-7/h6,9-10H,1-5,8H2/q+1. The minimum atomic E-state index is -2.69. The third-order valence-electron chi connectivity index (χ3n) is 1.62. The van der Waals surface area contributed by atoms with E-state index in [9.17, 15) is 9.79 Å². The molecule has 4 N–H and O–H groups in total. The van der Waals surface area contributed by atoms with Gasteiger partial charge in [0.05, 0.1) is 0 Å². The SMILES string of the molecule is NCCC[P+](O)(O)C=C1CC1. The van der Waals surface area contributed by atoms with Crippen LogP contribution in [0.15, 0.2) is 11.4 Å². The molecule has 11 heavy (non-hydrogen) atoms. The largest absolute Gasteiger partial charge is 0.330 e. The Morgan fingerprint density at radius 2 is 2.09 bits per heavy atom. The molecule has 0 amide bonds. The van der Waals surface area contributed by atoms with E-state index in [1.165, 1.54) is 5.57 Å². The zero-order valence-corrected chi connectivity index (χ0v) is 7.43. The molecule has 1 aliphatic rings. The van der Waals surface area contributed by atoms with Crippen molar-refractivity contribution in [3.8, 4) is 0 Å². The van der Waals surface area contributed by atoms with E-state index in [-0.39, 0.29) is 0 Å². The van der Waals surface area contributed by atoms with Crippen molar-refractivity contribution in [2.24, 2.45) is 5.73 Å². The number of allylic oxidation sites excluding steroid dienone is 1. The average molecular weight is 176 g/mol. The van der Waals surface area contributed by atoms with Gasteiger partial charge in [-0.1, -0.05) is 0 Å². The summed E-state index contributed by atoms with van der Waals surface area (Å²) in [5, 5.41) is 0. The Balaban J connectivity index is 2.31. The topological polar surface area (TPSA) is 66.5 Å². The van der Waals surface area contributed by atoms with E-state index in [1.807, 2.05) is 0 Å². The summed E-state index contributed by atoms with van der Waals surface area (Å²) in [6.07, 6.45) is 3.24. The fourth-order valence-electron chi connectivity index (χ4n) is 0.882. The smallest absolute Gasteiger partial charge is 0.292 e. The van der Waals surface area contributed by atoms with Crippen LogP contribution in [0.5, 0.6) is 0 Å². The first-order valence-electron chi connectivity index (χ1n) is 3.88. The predicted octanol–water partition coefficient (Wildman–Crippen LogP) is 0.845. The molecular formula is C7H15NO2P+. The molecule has 64 valence electrons. The van der Waals surface area contributed by atoms with Gasteiger partial charge >= 0.3 is 0 Å². The van der Waals surface area contributed by atoms with Crippen molar-refractivity contribution < 1.29 is 9.79 Å². The van der Waals surface area contributed by atoms with E-state index in [4.69, 9.17) is 5.73 Å². The molecule has 0 spiro atoms. The molecule has 0 aromatic carbocycles. The maximum absolute atomic E-state index is 9.39. The Labute approximate surface area is 67.4 Å². The van der Waals surface area contributed by atoms with Crippen LogP contribution in [-0.4, -0.2) is 22.5 Å². The monoisotopic (exact) mass is 176 g/mol. The van der Waals surface area contributed by atoms with Crippen LogP contribution in [-0.2, 0) is 0 Å². The first kappa shape index (κ1) is 9.14. The summed E-state index contributed by atoms with van der Waals surface area (Å²) >= 11 is 0. The van der Waals surface area contributed by atoms with Crippen LogP contribution >= 0.6 is 7.72 Å². The molecule has 1 aliphatic carbocycles. The Hall–Kier alpha value is 0.0500. The Bertz CT molecular complexity index is 162. The third-order valence-corrected chi connectivity index (χ3v) is 3.37. The maximum atomic E-state index is 9.39. The number of rotatable bonds is 4. The van der Waals surface area contributed by atoms with E-state index in [0.29, 0.717) is 19.1 Å². The van der Waals surface area contributed by atoms with E-state index < -0.39 is 7.72 Å². The first-order valence-corrected chi connectivity index (χ1v) is 5.83. The van der Waals surface area contributed by atoms with Gasteiger partial charge in [0.2, 0.25) is 0 Å². The van der Waals surface area contributed by atoms with Crippen LogP contribution in [0, 0.1) is 0 Å². The fourth-order valence-corrected chi connectivity index (χ4v) is 2.50. The van der Waals surface area contributed by atoms with Crippen LogP contribution < -0.4 is 5.73 Å². The molecule has 0 unspecified atom stereocenters. The van der Waals surface area contributed by atoms with Gasteiger partial charge in [0.25, 0.3) is 7.72 Å². The van der Waals surface area contributed by atoms with E-state index in [2.05, 4.69) is 0 Å². The quantitative estimate of drug-likeness (QED) is 0.556. The van der Waals surface area contributed by atoms with E-state index >= 15 is 0 Å². The Morgan fingerprint density at radius 1 is 1.45 bits per heavy atom. The van der Waals surface area contributed by atoms with Crippen molar-refractivity contribution in [1.82, 2.24) is 0 Å². The number of nitrogens with two attached hydrogens (primary N) is 1. The van der Waals surface area contributed by atoms with Crippen molar-refractivity contribution in [2.45, 2.75) is 19.3 Å². The van der Waals surface area contributed by atoms with Gasteiger partial charge in [-0.3, -0.25) is 0 Å². The molecule has 0 radical (unpaired) electrons. The van der Waals surface area contributed by atoms with Crippen molar-refractivity contribution in [1.29, 1.82) is 0 Å². The molecule has 0 aromatic rings. The lowest BCUT2D eigenvalue weighted by molar-refractivity contribution is 0.461. The van der Waals surface area contributed by atoms with Crippen molar-refractivity contribution in [3.63, 3.8) is 0 Å². The van der Waals surface area contributed by atoms with Gasteiger partial charge < -0.3 is 5.73 Å². The van der Waals surface area contributed by atoms with Crippen LogP contribution in [0.2, 0.25) is 0 Å². The van der Waals surface area contributed by atoms with Gasteiger partial charge in [0.1, 0.15) is 12.0 Å². The van der Waals surface area contributed by atoms with Crippen molar-refractivity contribution in [2.75, 3.05) is 12.7 Å². The molecule has 1 fully saturated rings. The van der Waals surface area contributed by atoms with Gasteiger partial charge in [0.15, 0.2) is 0 Å².